The number of hydrogen-bond acceptors (Lipinski definition) is 7. The highest BCUT2D eigenvalue weighted by atomic mass is 19.1. The van der Waals surface area contributed by atoms with Gasteiger partial charge in [0.05, 0.1) is 6.61 Å². The van der Waals surface area contributed by atoms with E-state index < -0.39 is 5.97 Å². The summed E-state index contributed by atoms with van der Waals surface area (Å²) < 4.78 is 23.4. The Kier molecular flexibility index (Phi) is 3.79. The summed E-state index contributed by atoms with van der Waals surface area (Å²) in [5.74, 6) is -0.577. The Morgan fingerprint density at radius 1 is 1.32 bits per heavy atom. The fraction of sp³-hybridized carbons (Fsp3) is 0.294. The molecule has 0 spiro atoms. The van der Waals surface area contributed by atoms with Gasteiger partial charge in [0, 0.05) is 11.6 Å². The van der Waals surface area contributed by atoms with Gasteiger partial charge in [-0.15, -0.1) is 0 Å². The van der Waals surface area contributed by atoms with Crippen molar-refractivity contribution in [1.29, 1.82) is 0 Å². The normalized spacial score (nSPS) is 13.8. The quantitative estimate of drug-likeness (QED) is 0.712. The Balaban J connectivity index is 1.85. The minimum atomic E-state index is -0.622. The molecule has 1 aliphatic rings. The van der Waals surface area contributed by atoms with E-state index in [0.717, 1.165) is 12.8 Å². The largest absolute Gasteiger partial charge is 0.460 e. The summed E-state index contributed by atoms with van der Waals surface area (Å²) in [6.45, 7) is 1.93. The SMILES string of the molecule is CCOC(=O)c1nc(NC2CC2)c2c(-c3ccc(F)cc3)noc2n1. The zero-order chi connectivity index (χ0) is 17.4. The Hall–Kier alpha value is -3.03. The van der Waals surface area contributed by atoms with Gasteiger partial charge < -0.3 is 14.6 Å². The Morgan fingerprint density at radius 3 is 2.76 bits per heavy atom. The van der Waals surface area contributed by atoms with E-state index in [2.05, 4.69) is 20.4 Å². The van der Waals surface area contributed by atoms with Crippen molar-refractivity contribution in [3.63, 3.8) is 0 Å². The molecular formula is C17H15FN4O3. The number of carbonyl (C=O) groups is 1. The number of anilines is 1. The van der Waals surface area contributed by atoms with Gasteiger partial charge in [-0.25, -0.2) is 14.2 Å². The summed E-state index contributed by atoms with van der Waals surface area (Å²) in [5, 5.41) is 7.87. The van der Waals surface area contributed by atoms with Gasteiger partial charge in [-0.3, -0.25) is 0 Å². The van der Waals surface area contributed by atoms with Crippen molar-refractivity contribution < 1.29 is 18.4 Å². The van der Waals surface area contributed by atoms with Crippen LogP contribution in [0.2, 0.25) is 0 Å². The molecule has 0 aliphatic heterocycles. The molecule has 0 bridgehead atoms. The third kappa shape index (κ3) is 3.02. The summed E-state index contributed by atoms with van der Waals surface area (Å²) in [5.41, 5.74) is 1.35. The minimum absolute atomic E-state index is 0.0840. The first-order valence-corrected chi connectivity index (χ1v) is 8.02. The third-order valence-electron chi connectivity index (χ3n) is 3.83. The van der Waals surface area contributed by atoms with Gasteiger partial charge in [-0.2, -0.15) is 4.98 Å². The molecule has 1 aliphatic carbocycles. The van der Waals surface area contributed by atoms with E-state index in [1.807, 2.05) is 0 Å². The second kappa shape index (κ2) is 6.12. The molecule has 1 aromatic carbocycles. The highest BCUT2D eigenvalue weighted by Gasteiger charge is 2.27. The number of hydrogen-bond donors (Lipinski definition) is 1. The van der Waals surface area contributed by atoms with Crippen molar-refractivity contribution in [3.05, 3.63) is 35.9 Å². The molecule has 2 heterocycles. The monoisotopic (exact) mass is 342 g/mol. The number of ether oxygens (including phenoxy) is 1. The van der Waals surface area contributed by atoms with Crippen LogP contribution in [-0.2, 0) is 4.74 Å². The van der Waals surface area contributed by atoms with Gasteiger partial charge in [0.1, 0.15) is 22.7 Å². The van der Waals surface area contributed by atoms with E-state index in [1.54, 1.807) is 19.1 Å². The summed E-state index contributed by atoms with van der Waals surface area (Å²) in [7, 11) is 0. The average molecular weight is 342 g/mol. The lowest BCUT2D eigenvalue weighted by Gasteiger charge is -2.07. The summed E-state index contributed by atoms with van der Waals surface area (Å²) in [4.78, 5) is 20.4. The molecule has 128 valence electrons. The average Bonchev–Trinajstić information content (AvgIpc) is 3.31. The van der Waals surface area contributed by atoms with Crippen LogP contribution in [0.25, 0.3) is 22.4 Å². The first-order chi connectivity index (χ1) is 12.2. The number of rotatable bonds is 5. The lowest BCUT2D eigenvalue weighted by atomic mass is 10.1. The van der Waals surface area contributed by atoms with Gasteiger partial charge in [0.2, 0.25) is 5.82 Å². The number of halogens is 1. The predicted molar refractivity (Wildman–Crippen MR) is 87.6 cm³/mol. The van der Waals surface area contributed by atoms with Gasteiger partial charge in [0.15, 0.2) is 0 Å². The van der Waals surface area contributed by atoms with E-state index >= 15 is 0 Å². The number of benzene rings is 1. The fourth-order valence-electron chi connectivity index (χ4n) is 2.47. The smallest absolute Gasteiger partial charge is 0.376 e. The van der Waals surface area contributed by atoms with Crippen LogP contribution in [0.1, 0.15) is 30.4 Å². The molecular weight excluding hydrogens is 327 g/mol. The molecule has 0 radical (unpaired) electrons. The molecule has 0 amide bonds. The molecule has 2 aromatic heterocycles. The molecule has 25 heavy (non-hydrogen) atoms. The molecule has 1 N–H and O–H groups in total. The lowest BCUT2D eigenvalue weighted by Crippen LogP contribution is -2.13. The van der Waals surface area contributed by atoms with Crippen LogP contribution in [0, 0.1) is 5.82 Å². The van der Waals surface area contributed by atoms with Crippen molar-refractivity contribution in [2.45, 2.75) is 25.8 Å². The molecule has 0 unspecified atom stereocenters. The number of carbonyl (C=O) groups excluding carboxylic acids is 1. The van der Waals surface area contributed by atoms with Crippen LogP contribution in [-0.4, -0.2) is 33.7 Å². The van der Waals surface area contributed by atoms with Crippen LogP contribution < -0.4 is 5.32 Å². The minimum Gasteiger partial charge on any atom is -0.460 e. The van der Waals surface area contributed by atoms with E-state index in [-0.39, 0.29) is 24.0 Å². The predicted octanol–water partition coefficient (Wildman–Crippen LogP) is 3.17. The van der Waals surface area contributed by atoms with Gasteiger partial charge >= 0.3 is 5.97 Å². The zero-order valence-electron chi connectivity index (χ0n) is 13.5. The number of nitrogens with one attached hydrogen (secondary N) is 1. The molecule has 0 saturated heterocycles. The summed E-state index contributed by atoms with van der Waals surface area (Å²) in [6.07, 6.45) is 2.05. The maximum absolute atomic E-state index is 13.2. The Morgan fingerprint density at radius 2 is 2.08 bits per heavy atom. The maximum Gasteiger partial charge on any atom is 0.376 e. The zero-order valence-corrected chi connectivity index (χ0v) is 13.5. The third-order valence-corrected chi connectivity index (χ3v) is 3.83. The summed E-state index contributed by atoms with van der Waals surface area (Å²) in [6, 6.07) is 6.19. The van der Waals surface area contributed by atoms with E-state index in [9.17, 15) is 9.18 Å². The van der Waals surface area contributed by atoms with Crippen molar-refractivity contribution in [2.24, 2.45) is 0 Å². The highest BCUT2D eigenvalue weighted by Crippen LogP contribution is 2.34. The molecule has 4 rings (SSSR count). The van der Waals surface area contributed by atoms with Gasteiger partial charge in [0.25, 0.3) is 5.71 Å². The molecule has 8 heteroatoms. The van der Waals surface area contributed by atoms with Crippen molar-refractivity contribution >= 4 is 22.9 Å². The van der Waals surface area contributed by atoms with Crippen LogP contribution in [0.4, 0.5) is 10.2 Å². The fourth-order valence-corrected chi connectivity index (χ4v) is 2.47. The Bertz CT molecular complexity index is 935. The number of esters is 1. The number of aromatic nitrogens is 3. The van der Waals surface area contributed by atoms with Crippen molar-refractivity contribution in [2.75, 3.05) is 11.9 Å². The summed E-state index contributed by atoms with van der Waals surface area (Å²) >= 11 is 0. The van der Waals surface area contributed by atoms with E-state index in [4.69, 9.17) is 9.26 Å². The first-order valence-electron chi connectivity index (χ1n) is 8.02. The van der Waals surface area contributed by atoms with E-state index in [0.29, 0.717) is 28.5 Å². The molecule has 3 aromatic rings. The maximum atomic E-state index is 13.2. The van der Waals surface area contributed by atoms with Crippen molar-refractivity contribution in [1.82, 2.24) is 15.1 Å². The van der Waals surface area contributed by atoms with E-state index in [1.165, 1.54) is 12.1 Å². The topological polar surface area (TPSA) is 90.1 Å². The number of nitrogens with zero attached hydrogens (tertiary/aromatic N) is 3. The molecule has 7 nitrogen and oxygen atoms in total. The first kappa shape index (κ1) is 15.5. The lowest BCUT2D eigenvalue weighted by molar-refractivity contribution is 0.0512. The number of fused-ring (bicyclic) bond motifs is 1. The van der Waals surface area contributed by atoms with Gasteiger partial charge in [-0.1, -0.05) is 5.16 Å². The van der Waals surface area contributed by atoms with Crippen LogP contribution in [0.15, 0.2) is 28.8 Å². The Labute approximate surface area is 142 Å². The van der Waals surface area contributed by atoms with Crippen LogP contribution in [0.5, 0.6) is 0 Å². The second-order valence-corrected chi connectivity index (χ2v) is 5.75. The molecule has 1 saturated carbocycles. The second-order valence-electron chi connectivity index (χ2n) is 5.75. The molecule has 1 fully saturated rings. The van der Waals surface area contributed by atoms with Crippen LogP contribution >= 0.6 is 0 Å². The molecule has 0 atom stereocenters. The van der Waals surface area contributed by atoms with Gasteiger partial charge in [-0.05, 0) is 44.0 Å². The highest BCUT2D eigenvalue weighted by molar-refractivity contribution is 6.00. The van der Waals surface area contributed by atoms with Crippen LogP contribution in [0.3, 0.4) is 0 Å². The standard InChI is InChI=1S/C17H15FN4O3/c1-2-24-17(23)15-20-14(19-11-7-8-11)12-13(22-25-16(12)21-15)9-3-5-10(18)6-4-9/h3-6,11H,2,7-8H2,1H3,(H,19,20,21). The van der Waals surface area contributed by atoms with Crippen molar-refractivity contribution in [3.8, 4) is 11.3 Å².